The zero-order valence-corrected chi connectivity index (χ0v) is 19.3. The maximum absolute atomic E-state index is 14.8. The number of carbonyl (C=O) groups is 3. The molecule has 3 rings (SSSR count). The molecule has 0 spiro atoms. The monoisotopic (exact) mass is 466 g/mol. The van der Waals surface area contributed by atoms with Crippen molar-refractivity contribution < 1.29 is 18.8 Å². The van der Waals surface area contributed by atoms with Crippen LogP contribution in [0, 0.1) is 5.82 Å². The Kier molecular flexibility index (Phi) is 7.75. The summed E-state index contributed by atoms with van der Waals surface area (Å²) in [4.78, 5) is 38.3. The fourth-order valence-electron chi connectivity index (χ4n) is 3.26. The van der Waals surface area contributed by atoms with Gasteiger partial charge in [0.1, 0.15) is 11.5 Å². The Morgan fingerprint density at radius 3 is 2.35 bits per heavy atom. The summed E-state index contributed by atoms with van der Waals surface area (Å²) in [6.07, 6.45) is 2.16. The maximum Gasteiger partial charge on any atom is 0.256 e. The minimum Gasteiger partial charge on any atom is -0.373 e. The van der Waals surface area contributed by atoms with Gasteiger partial charge in [0.25, 0.3) is 5.91 Å². The first kappa shape index (κ1) is 24.6. The lowest BCUT2D eigenvalue weighted by Gasteiger charge is -2.20. The predicted octanol–water partition coefficient (Wildman–Crippen LogP) is 2.02. The van der Waals surface area contributed by atoms with Crippen molar-refractivity contribution in [2.24, 2.45) is 5.73 Å². The highest BCUT2D eigenvalue weighted by molar-refractivity contribution is 5.95. The number of hydrogen-bond donors (Lipinski definition) is 2. The van der Waals surface area contributed by atoms with E-state index in [1.807, 2.05) is 19.0 Å². The molecule has 3 aromatic rings. The van der Waals surface area contributed by atoms with Crippen LogP contribution in [0.25, 0.3) is 16.8 Å². The van der Waals surface area contributed by atoms with E-state index in [4.69, 9.17) is 5.73 Å². The molecule has 2 amide bonds. The topological polar surface area (TPSA) is 114 Å². The first-order valence-corrected chi connectivity index (χ1v) is 10.6. The molecule has 0 aliphatic rings. The van der Waals surface area contributed by atoms with Crippen LogP contribution in [0.1, 0.15) is 20.8 Å². The van der Waals surface area contributed by atoms with Crippen LogP contribution in [0.3, 0.4) is 0 Å². The van der Waals surface area contributed by atoms with Gasteiger partial charge in [-0.3, -0.25) is 14.4 Å². The second-order valence-corrected chi connectivity index (χ2v) is 8.08. The zero-order chi connectivity index (χ0) is 24.8. The zero-order valence-electron chi connectivity index (χ0n) is 19.3. The van der Waals surface area contributed by atoms with E-state index >= 15 is 0 Å². The maximum atomic E-state index is 14.8. The lowest BCUT2D eigenvalue weighted by atomic mass is 10.0. The minimum absolute atomic E-state index is 0.0237. The summed E-state index contributed by atoms with van der Waals surface area (Å²) in [6, 6.07) is 11.6. The summed E-state index contributed by atoms with van der Waals surface area (Å²) >= 11 is 0. The fraction of sp³-hybridized carbons (Fsp3) is 0.250. The number of likely N-dealkylation sites (N-methyl/N-ethyl adjacent to an activating group) is 2. The van der Waals surface area contributed by atoms with Crippen LogP contribution < -0.4 is 11.1 Å². The van der Waals surface area contributed by atoms with Gasteiger partial charge in [-0.2, -0.15) is 5.10 Å². The molecule has 178 valence electrons. The van der Waals surface area contributed by atoms with Crippen molar-refractivity contribution in [3.8, 4) is 16.8 Å². The normalized spacial score (nSPS) is 10.9. The van der Waals surface area contributed by atoms with Gasteiger partial charge in [-0.15, -0.1) is 0 Å². The third kappa shape index (κ3) is 5.84. The predicted molar refractivity (Wildman–Crippen MR) is 128 cm³/mol. The third-order valence-corrected chi connectivity index (χ3v) is 5.20. The molecule has 10 heteroatoms. The smallest absolute Gasteiger partial charge is 0.256 e. The van der Waals surface area contributed by atoms with E-state index in [-0.39, 0.29) is 23.7 Å². The molecular weight excluding hydrogens is 439 g/mol. The van der Waals surface area contributed by atoms with Crippen LogP contribution in [0.5, 0.6) is 0 Å². The molecule has 9 nitrogen and oxygen atoms in total. The van der Waals surface area contributed by atoms with Crippen molar-refractivity contribution in [1.82, 2.24) is 19.6 Å². The molecule has 0 atom stereocenters. The Labute approximate surface area is 196 Å². The highest BCUT2D eigenvalue weighted by Gasteiger charge is 2.17. The first-order chi connectivity index (χ1) is 16.2. The van der Waals surface area contributed by atoms with Gasteiger partial charge >= 0.3 is 0 Å². The molecule has 0 bridgehead atoms. The number of halogens is 1. The Morgan fingerprint density at radius 2 is 1.76 bits per heavy atom. The second kappa shape index (κ2) is 10.7. The Morgan fingerprint density at radius 1 is 1.09 bits per heavy atom. The summed E-state index contributed by atoms with van der Waals surface area (Å²) < 4.78 is 16.2. The molecule has 0 aliphatic carbocycles. The number of hydrogen-bond acceptors (Lipinski definition) is 6. The quantitative estimate of drug-likeness (QED) is 0.442. The number of anilines is 1. The van der Waals surface area contributed by atoms with E-state index in [1.54, 1.807) is 43.6 Å². The van der Waals surface area contributed by atoms with Crippen molar-refractivity contribution in [1.29, 1.82) is 0 Å². The Hall–Kier alpha value is -4.05. The molecule has 1 aromatic heterocycles. The fourth-order valence-corrected chi connectivity index (χ4v) is 3.26. The second-order valence-electron chi connectivity index (χ2n) is 8.08. The van der Waals surface area contributed by atoms with Crippen LogP contribution in [-0.2, 0) is 4.79 Å². The van der Waals surface area contributed by atoms with Crippen molar-refractivity contribution in [3.63, 3.8) is 0 Å². The average Bonchev–Trinajstić information content (AvgIpc) is 3.24. The summed E-state index contributed by atoms with van der Waals surface area (Å²) in [5, 5.41) is 6.96. The van der Waals surface area contributed by atoms with Crippen molar-refractivity contribution in [2.75, 3.05) is 46.1 Å². The molecule has 0 fully saturated rings. The highest BCUT2D eigenvalue weighted by atomic mass is 19.1. The van der Waals surface area contributed by atoms with E-state index in [9.17, 15) is 18.8 Å². The van der Waals surface area contributed by atoms with E-state index in [1.165, 1.54) is 21.7 Å². The van der Waals surface area contributed by atoms with Gasteiger partial charge in [0.15, 0.2) is 6.29 Å². The molecule has 0 saturated carbocycles. The first-order valence-electron chi connectivity index (χ1n) is 10.6. The van der Waals surface area contributed by atoms with Crippen LogP contribution >= 0.6 is 0 Å². The van der Waals surface area contributed by atoms with E-state index < -0.39 is 11.7 Å². The molecule has 3 N–H and O–H groups in total. The number of amides is 2. The SMILES string of the molecule is CN(C)CCN(C)C(=O)c1ccc(-c2ccc(-n3cc(NCC(N)=O)c(C=O)n3)cc2)cc1F. The van der Waals surface area contributed by atoms with Crippen LogP contribution in [-0.4, -0.2) is 78.5 Å². The van der Waals surface area contributed by atoms with Gasteiger partial charge in [-0.1, -0.05) is 18.2 Å². The number of aldehydes is 1. The summed E-state index contributed by atoms with van der Waals surface area (Å²) in [5.41, 5.74) is 7.71. The number of nitrogens with two attached hydrogens (primary N) is 1. The molecular formula is C24H27FN6O3. The summed E-state index contributed by atoms with van der Waals surface area (Å²) in [6.45, 7) is 1.05. The van der Waals surface area contributed by atoms with Gasteiger partial charge in [0.2, 0.25) is 5.91 Å². The van der Waals surface area contributed by atoms with Gasteiger partial charge in [0.05, 0.1) is 29.7 Å². The number of nitrogens with zero attached hydrogens (tertiary/aromatic N) is 4. The Balaban J connectivity index is 1.77. The minimum atomic E-state index is -0.587. The molecule has 0 aliphatic heterocycles. The third-order valence-electron chi connectivity index (χ3n) is 5.20. The lowest BCUT2D eigenvalue weighted by molar-refractivity contribution is -0.116. The lowest BCUT2D eigenvalue weighted by Crippen LogP contribution is -2.33. The molecule has 34 heavy (non-hydrogen) atoms. The molecule has 2 aromatic carbocycles. The number of aromatic nitrogens is 2. The highest BCUT2D eigenvalue weighted by Crippen LogP contribution is 2.25. The van der Waals surface area contributed by atoms with E-state index in [2.05, 4.69) is 10.4 Å². The van der Waals surface area contributed by atoms with Crippen LogP contribution in [0.15, 0.2) is 48.7 Å². The van der Waals surface area contributed by atoms with Crippen LogP contribution in [0.2, 0.25) is 0 Å². The molecule has 1 heterocycles. The van der Waals surface area contributed by atoms with Gasteiger partial charge in [-0.05, 0) is 49.5 Å². The van der Waals surface area contributed by atoms with Crippen molar-refractivity contribution >= 4 is 23.8 Å². The van der Waals surface area contributed by atoms with Gasteiger partial charge < -0.3 is 20.9 Å². The van der Waals surface area contributed by atoms with E-state index in [0.717, 1.165) is 5.56 Å². The van der Waals surface area contributed by atoms with Crippen molar-refractivity contribution in [3.05, 3.63) is 65.7 Å². The van der Waals surface area contributed by atoms with Crippen molar-refractivity contribution in [2.45, 2.75) is 0 Å². The summed E-state index contributed by atoms with van der Waals surface area (Å²) in [5.74, 6) is -1.52. The standard InChI is InChI=1S/C24H27FN6O3/c1-29(2)10-11-30(3)24(34)19-9-6-17(12-20(19)25)16-4-7-18(8-5-16)31-14-21(22(15-32)28-31)27-13-23(26)33/h4-9,12,14-15,27H,10-11,13H2,1-3H3,(H2,26,33). The number of carbonyl (C=O) groups excluding carboxylic acids is 3. The molecule has 0 unspecified atom stereocenters. The number of nitrogens with one attached hydrogen (secondary N) is 1. The Bertz CT molecular complexity index is 1190. The average molecular weight is 467 g/mol. The molecule has 0 radical (unpaired) electrons. The molecule has 0 saturated heterocycles. The number of benzene rings is 2. The van der Waals surface area contributed by atoms with Gasteiger partial charge in [-0.25, -0.2) is 9.07 Å². The van der Waals surface area contributed by atoms with Crippen LogP contribution in [0.4, 0.5) is 10.1 Å². The largest absolute Gasteiger partial charge is 0.373 e. The number of rotatable bonds is 10. The van der Waals surface area contributed by atoms with E-state index in [0.29, 0.717) is 36.3 Å². The number of primary amides is 1. The summed E-state index contributed by atoms with van der Waals surface area (Å²) in [7, 11) is 5.47. The van der Waals surface area contributed by atoms with Gasteiger partial charge in [0, 0.05) is 20.1 Å².